The number of benzene rings is 10. The Labute approximate surface area is 386 Å². The lowest BCUT2D eigenvalue weighted by molar-refractivity contribution is 0.334. The first-order chi connectivity index (χ1) is 32.2. The fourth-order valence-corrected chi connectivity index (χ4v) is 11.7. The third-order valence-corrected chi connectivity index (χ3v) is 15.1. The lowest BCUT2D eigenvalue weighted by atomic mass is 9.62. The second kappa shape index (κ2) is 14.4. The highest BCUT2D eigenvalue weighted by Gasteiger charge is 2.39. The van der Waals surface area contributed by atoms with E-state index in [2.05, 4.69) is 243 Å². The van der Waals surface area contributed by atoms with Gasteiger partial charge in [-0.3, -0.25) is 0 Å². The largest absolute Gasteiger partial charge is 0.309 e. The first-order valence-corrected chi connectivity index (χ1v) is 23.5. The number of aromatic nitrogens is 2. The van der Waals surface area contributed by atoms with E-state index in [0.29, 0.717) is 0 Å². The molecule has 1 aliphatic carbocycles. The van der Waals surface area contributed by atoms with E-state index in [0.717, 1.165) is 12.1 Å². The molecule has 0 saturated heterocycles. The number of nitrogens with zero attached hydrogens (tertiary/aromatic N) is 2. The Morgan fingerprint density at radius 2 is 0.909 bits per heavy atom. The molecule has 2 heteroatoms. The molecule has 2 aromatic heterocycles. The van der Waals surface area contributed by atoms with Crippen LogP contribution >= 0.6 is 0 Å². The van der Waals surface area contributed by atoms with Crippen molar-refractivity contribution >= 4 is 65.2 Å². The van der Waals surface area contributed by atoms with E-state index in [1.54, 1.807) is 0 Å². The summed E-state index contributed by atoms with van der Waals surface area (Å²) in [7, 11) is 0. The third kappa shape index (κ3) is 5.87. The maximum absolute atomic E-state index is 2.62. The summed E-state index contributed by atoms with van der Waals surface area (Å²) < 4.78 is 5.04. The molecule has 0 aliphatic heterocycles. The number of rotatable bonds is 5. The van der Waals surface area contributed by atoms with Gasteiger partial charge in [-0.15, -0.1) is 0 Å². The van der Waals surface area contributed by atoms with Crippen LogP contribution in [-0.4, -0.2) is 9.13 Å². The van der Waals surface area contributed by atoms with Crippen LogP contribution < -0.4 is 0 Å². The van der Waals surface area contributed by atoms with Gasteiger partial charge in [-0.2, -0.15) is 0 Å². The first kappa shape index (κ1) is 38.8. The Balaban J connectivity index is 1.02. The summed E-state index contributed by atoms with van der Waals surface area (Å²) in [5.74, 6) is 0. The molecule has 0 saturated carbocycles. The molecular formula is C64H50N2. The molecule has 0 unspecified atom stereocenters. The second-order valence-corrected chi connectivity index (χ2v) is 20.0. The van der Waals surface area contributed by atoms with E-state index in [4.69, 9.17) is 0 Å². The summed E-state index contributed by atoms with van der Waals surface area (Å²) in [6.45, 7) is 9.80. The van der Waals surface area contributed by atoms with Crippen LogP contribution in [0.1, 0.15) is 51.7 Å². The minimum absolute atomic E-state index is 0.0285. The minimum atomic E-state index is 0.0285. The monoisotopic (exact) mass is 846 g/mol. The van der Waals surface area contributed by atoms with Gasteiger partial charge in [-0.1, -0.05) is 179 Å². The standard InChI is InChI=1S/C64H50N2/c1-63(2)34-35-64(3,4)60-57(63)33-32-56-55-30-28-42-18-8-9-22-52(42)61(55)66(62(56)60)49-29-31-51-44(40-49)20-15-25-50(51)47-37-45(41-16-6-5-7-17-41)36-46(38-47)43-19-14-21-48(39-43)65-58-26-12-10-23-53(58)54-24-11-13-27-59(54)65/h5-33,36-40H,34-35H2,1-4H3. The van der Waals surface area contributed by atoms with Gasteiger partial charge in [0, 0.05) is 38.3 Å². The summed E-state index contributed by atoms with van der Waals surface area (Å²) in [5.41, 5.74) is 17.7. The van der Waals surface area contributed by atoms with Crippen molar-refractivity contribution in [3.8, 4) is 44.8 Å². The van der Waals surface area contributed by atoms with Gasteiger partial charge in [0.25, 0.3) is 0 Å². The Morgan fingerprint density at radius 1 is 0.333 bits per heavy atom. The molecule has 0 amide bonds. The Kier molecular flexibility index (Phi) is 8.46. The third-order valence-electron chi connectivity index (χ3n) is 15.1. The van der Waals surface area contributed by atoms with Crippen molar-refractivity contribution in [3.05, 3.63) is 217 Å². The number of fused-ring (bicyclic) bond motifs is 11. The van der Waals surface area contributed by atoms with Gasteiger partial charge in [-0.05, 0) is 139 Å². The second-order valence-electron chi connectivity index (χ2n) is 20.0. The fraction of sp³-hybridized carbons (Fsp3) is 0.125. The maximum atomic E-state index is 2.62. The highest BCUT2D eigenvalue weighted by molar-refractivity contribution is 6.20. The van der Waals surface area contributed by atoms with E-state index in [-0.39, 0.29) is 10.8 Å². The van der Waals surface area contributed by atoms with Gasteiger partial charge in [0.05, 0.1) is 22.1 Å². The minimum Gasteiger partial charge on any atom is -0.309 e. The van der Waals surface area contributed by atoms with Crippen LogP contribution in [0.5, 0.6) is 0 Å². The van der Waals surface area contributed by atoms with Crippen molar-refractivity contribution in [2.24, 2.45) is 0 Å². The average molecular weight is 847 g/mol. The van der Waals surface area contributed by atoms with Crippen LogP contribution in [0, 0.1) is 0 Å². The molecule has 0 bridgehead atoms. The van der Waals surface area contributed by atoms with E-state index in [9.17, 15) is 0 Å². The van der Waals surface area contributed by atoms with E-state index in [1.165, 1.54) is 122 Å². The van der Waals surface area contributed by atoms with Crippen molar-refractivity contribution < 1.29 is 0 Å². The van der Waals surface area contributed by atoms with Crippen LogP contribution in [-0.2, 0) is 10.8 Å². The van der Waals surface area contributed by atoms with Crippen LogP contribution in [0.15, 0.2) is 206 Å². The van der Waals surface area contributed by atoms with Crippen LogP contribution in [0.4, 0.5) is 0 Å². The van der Waals surface area contributed by atoms with Gasteiger partial charge in [0.1, 0.15) is 0 Å². The lowest BCUT2D eigenvalue weighted by Gasteiger charge is -2.42. The van der Waals surface area contributed by atoms with Crippen molar-refractivity contribution in [2.75, 3.05) is 0 Å². The normalized spacial score (nSPS) is 14.5. The predicted molar refractivity (Wildman–Crippen MR) is 282 cm³/mol. The summed E-state index contributed by atoms with van der Waals surface area (Å²) in [5, 5.41) is 10.2. The fourth-order valence-electron chi connectivity index (χ4n) is 11.7. The summed E-state index contributed by atoms with van der Waals surface area (Å²) in [6, 6.07) is 77.0. The number of hydrogen-bond donors (Lipinski definition) is 0. The van der Waals surface area contributed by atoms with E-state index < -0.39 is 0 Å². The van der Waals surface area contributed by atoms with Gasteiger partial charge < -0.3 is 9.13 Å². The molecule has 0 spiro atoms. The highest BCUT2D eigenvalue weighted by atomic mass is 15.0. The van der Waals surface area contributed by atoms with Crippen molar-refractivity contribution in [1.82, 2.24) is 9.13 Å². The van der Waals surface area contributed by atoms with Gasteiger partial charge in [0.15, 0.2) is 0 Å². The number of para-hydroxylation sites is 2. The van der Waals surface area contributed by atoms with Gasteiger partial charge in [0.2, 0.25) is 0 Å². The van der Waals surface area contributed by atoms with Crippen LogP contribution in [0.2, 0.25) is 0 Å². The Hall–Kier alpha value is -7.68. The molecule has 12 aromatic rings. The number of hydrogen-bond acceptors (Lipinski definition) is 0. The smallest absolute Gasteiger partial charge is 0.0619 e. The van der Waals surface area contributed by atoms with E-state index in [1.807, 2.05) is 0 Å². The Morgan fingerprint density at radius 3 is 1.70 bits per heavy atom. The molecule has 316 valence electrons. The SMILES string of the molecule is CC1(C)CCC(C)(C)c2c1ccc1c3ccc4ccccc4c3n(-c3ccc4c(-c5cc(-c6ccccc6)cc(-c6cccc(-n7c8ccccc8c8ccccc87)c6)c5)cccc4c3)c21. The lowest BCUT2D eigenvalue weighted by Crippen LogP contribution is -2.34. The zero-order valence-corrected chi connectivity index (χ0v) is 37.9. The average Bonchev–Trinajstić information content (AvgIpc) is 3.88. The topological polar surface area (TPSA) is 9.86 Å². The summed E-state index contributed by atoms with van der Waals surface area (Å²) >= 11 is 0. The van der Waals surface area contributed by atoms with Crippen molar-refractivity contribution in [1.29, 1.82) is 0 Å². The molecule has 66 heavy (non-hydrogen) atoms. The molecular weight excluding hydrogens is 797 g/mol. The zero-order valence-electron chi connectivity index (χ0n) is 37.9. The molecule has 0 fully saturated rings. The van der Waals surface area contributed by atoms with E-state index >= 15 is 0 Å². The molecule has 2 nitrogen and oxygen atoms in total. The van der Waals surface area contributed by atoms with Crippen LogP contribution in [0.3, 0.4) is 0 Å². The van der Waals surface area contributed by atoms with Crippen molar-refractivity contribution in [2.45, 2.75) is 51.4 Å². The molecule has 0 atom stereocenters. The molecule has 13 rings (SSSR count). The van der Waals surface area contributed by atoms with Gasteiger partial charge in [-0.25, -0.2) is 0 Å². The summed E-state index contributed by atoms with van der Waals surface area (Å²) in [4.78, 5) is 0. The molecule has 10 aromatic carbocycles. The molecule has 0 radical (unpaired) electrons. The zero-order chi connectivity index (χ0) is 44.3. The van der Waals surface area contributed by atoms with Crippen molar-refractivity contribution in [3.63, 3.8) is 0 Å². The Bertz CT molecular complexity index is 3880. The maximum Gasteiger partial charge on any atom is 0.0619 e. The van der Waals surface area contributed by atoms with Crippen LogP contribution in [0.25, 0.3) is 110 Å². The molecule has 1 aliphatic rings. The summed E-state index contributed by atoms with van der Waals surface area (Å²) in [6.07, 6.45) is 2.34. The molecule has 2 heterocycles. The predicted octanol–water partition coefficient (Wildman–Crippen LogP) is 17.5. The highest BCUT2D eigenvalue weighted by Crippen LogP contribution is 2.51. The quantitative estimate of drug-likeness (QED) is 0.163. The first-order valence-electron chi connectivity index (χ1n) is 23.5. The molecule has 0 N–H and O–H groups in total. The van der Waals surface area contributed by atoms with Gasteiger partial charge >= 0.3 is 0 Å².